The molecule has 0 aliphatic carbocycles. The normalized spacial score (nSPS) is 10.5. The van der Waals surface area contributed by atoms with Crippen LogP contribution in [-0.2, 0) is 6.42 Å². The number of aryl methyl sites for hydroxylation is 1. The number of carbonyl (C=O) groups is 1. The van der Waals surface area contributed by atoms with E-state index in [4.69, 9.17) is 9.52 Å². The highest BCUT2D eigenvalue weighted by atomic mass is 19.1. The molecule has 5 heteroatoms. The average Bonchev–Trinajstić information content (AvgIpc) is 2.74. The van der Waals surface area contributed by atoms with E-state index in [-0.39, 0.29) is 11.7 Å². The molecule has 0 aliphatic rings. The van der Waals surface area contributed by atoms with Gasteiger partial charge in [-0.3, -0.25) is 0 Å². The molecule has 0 fully saturated rings. The minimum Gasteiger partial charge on any atom is -0.474 e. The number of aromatic carboxylic acids is 1. The van der Waals surface area contributed by atoms with Crippen molar-refractivity contribution in [2.24, 2.45) is 0 Å². The number of hydrogen-bond donors (Lipinski definition) is 1. The molecule has 1 heterocycles. The molecule has 0 saturated carbocycles. The summed E-state index contributed by atoms with van der Waals surface area (Å²) in [6.07, 6.45) is 0.521. The van der Waals surface area contributed by atoms with Crippen LogP contribution in [0, 0.1) is 5.82 Å². The van der Waals surface area contributed by atoms with Gasteiger partial charge in [0, 0.05) is 12.0 Å². The summed E-state index contributed by atoms with van der Waals surface area (Å²) in [6, 6.07) is 5.67. The summed E-state index contributed by atoms with van der Waals surface area (Å²) in [7, 11) is 0. The van der Waals surface area contributed by atoms with Crippen molar-refractivity contribution in [3.05, 3.63) is 41.7 Å². The molecule has 1 aromatic carbocycles. The van der Waals surface area contributed by atoms with Crippen LogP contribution in [0.15, 0.2) is 28.7 Å². The highest BCUT2D eigenvalue weighted by molar-refractivity contribution is 5.83. The summed E-state index contributed by atoms with van der Waals surface area (Å²) in [6.45, 7) is 1.83. The van der Waals surface area contributed by atoms with Gasteiger partial charge in [0.1, 0.15) is 17.3 Å². The Morgan fingerprint density at radius 1 is 1.41 bits per heavy atom. The minimum absolute atomic E-state index is 0.346. The van der Waals surface area contributed by atoms with Crippen LogP contribution in [0.3, 0.4) is 0 Å². The predicted octanol–water partition coefficient (Wildman–Crippen LogP) is 2.74. The van der Waals surface area contributed by atoms with E-state index in [9.17, 15) is 9.18 Å². The molecule has 0 bridgehead atoms. The molecule has 88 valence electrons. The highest BCUT2D eigenvalue weighted by Crippen LogP contribution is 2.24. The van der Waals surface area contributed by atoms with Crippen molar-refractivity contribution in [2.45, 2.75) is 13.3 Å². The van der Waals surface area contributed by atoms with Crippen molar-refractivity contribution in [3.8, 4) is 11.3 Å². The molecule has 0 spiro atoms. The second kappa shape index (κ2) is 4.37. The van der Waals surface area contributed by atoms with Crippen LogP contribution in [0.1, 0.15) is 23.4 Å². The molecular weight excluding hydrogens is 225 g/mol. The number of nitrogens with zero attached hydrogens (tertiary/aromatic N) is 1. The van der Waals surface area contributed by atoms with Crippen LogP contribution in [-0.4, -0.2) is 16.1 Å². The fourth-order valence-corrected chi connectivity index (χ4v) is 1.52. The minimum atomic E-state index is -1.21. The summed E-state index contributed by atoms with van der Waals surface area (Å²) in [5.41, 5.74) is 1.09. The second-order valence-electron chi connectivity index (χ2n) is 3.46. The second-order valence-corrected chi connectivity index (χ2v) is 3.46. The third kappa shape index (κ3) is 2.18. The van der Waals surface area contributed by atoms with E-state index in [1.54, 1.807) is 0 Å². The lowest BCUT2D eigenvalue weighted by molar-refractivity contribution is 0.0652. The first-order valence-corrected chi connectivity index (χ1v) is 5.10. The molecule has 0 radical (unpaired) electrons. The van der Waals surface area contributed by atoms with Gasteiger partial charge in [-0.15, -0.1) is 0 Å². The maximum Gasteiger partial charge on any atom is 0.392 e. The molecule has 0 amide bonds. The van der Waals surface area contributed by atoms with E-state index < -0.39 is 5.97 Å². The van der Waals surface area contributed by atoms with Crippen LogP contribution >= 0.6 is 0 Å². The fourth-order valence-electron chi connectivity index (χ4n) is 1.52. The lowest BCUT2D eigenvalue weighted by atomic mass is 10.1. The maximum atomic E-state index is 12.8. The van der Waals surface area contributed by atoms with Crippen LogP contribution in [0.2, 0.25) is 0 Å². The largest absolute Gasteiger partial charge is 0.474 e. The first-order chi connectivity index (χ1) is 8.11. The third-order valence-corrected chi connectivity index (χ3v) is 2.32. The zero-order valence-electron chi connectivity index (χ0n) is 9.11. The molecule has 4 nitrogen and oxygen atoms in total. The quantitative estimate of drug-likeness (QED) is 0.888. The van der Waals surface area contributed by atoms with Crippen LogP contribution < -0.4 is 0 Å². The zero-order valence-corrected chi connectivity index (χ0v) is 9.11. The lowest BCUT2D eigenvalue weighted by Gasteiger charge is -1.97. The van der Waals surface area contributed by atoms with E-state index in [1.165, 1.54) is 24.3 Å². The molecule has 1 aromatic heterocycles. The SMILES string of the molecule is CCc1oc(C(=O)O)nc1-c1ccc(F)cc1. The smallest absolute Gasteiger partial charge is 0.392 e. The Morgan fingerprint density at radius 3 is 2.59 bits per heavy atom. The molecule has 0 saturated heterocycles. The molecule has 0 aliphatic heterocycles. The number of aromatic nitrogens is 1. The summed E-state index contributed by atoms with van der Waals surface area (Å²) in [4.78, 5) is 14.6. The lowest BCUT2D eigenvalue weighted by Crippen LogP contribution is -1.95. The molecule has 17 heavy (non-hydrogen) atoms. The Bertz CT molecular complexity index is 545. The summed E-state index contributed by atoms with van der Waals surface area (Å²) < 4.78 is 17.9. The van der Waals surface area contributed by atoms with Crippen molar-refractivity contribution in [3.63, 3.8) is 0 Å². The first kappa shape index (κ1) is 11.3. The predicted molar refractivity (Wildman–Crippen MR) is 58.2 cm³/mol. The molecule has 2 rings (SSSR count). The Morgan fingerprint density at radius 2 is 2.06 bits per heavy atom. The van der Waals surface area contributed by atoms with Crippen molar-refractivity contribution in [1.29, 1.82) is 0 Å². The summed E-state index contributed by atoms with van der Waals surface area (Å²) >= 11 is 0. The third-order valence-electron chi connectivity index (χ3n) is 2.32. The van der Waals surface area contributed by atoms with Gasteiger partial charge in [-0.1, -0.05) is 6.92 Å². The van der Waals surface area contributed by atoms with E-state index in [0.29, 0.717) is 23.4 Å². The van der Waals surface area contributed by atoms with Gasteiger partial charge >= 0.3 is 11.9 Å². The number of carboxylic acid groups (broad SMARTS) is 1. The van der Waals surface area contributed by atoms with Gasteiger partial charge in [-0.05, 0) is 24.3 Å². The highest BCUT2D eigenvalue weighted by Gasteiger charge is 2.17. The van der Waals surface area contributed by atoms with Crippen molar-refractivity contribution in [1.82, 2.24) is 4.98 Å². The van der Waals surface area contributed by atoms with Gasteiger partial charge in [-0.2, -0.15) is 0 Å². The Labute approximate surface area is 96.7 Å². The first-order valence-electron chi connectivity index (χ1n) is 5.10. The Balaban J connectivity index is 2.50. The monoisotopic (exact) mass is 235 g/mol. The maximum absolute atomic E-state index is 12.8. The van der Waals surface area contributed by atoms with Gasteiger partial charge in [0.05, 0.1) is 0 Å². The Hall–Kier alpha value is -2.17. The number of halogens is 1. The summed E-state index contributed by atoms with van der Waals surface area (Å²) in [5.74, 6) is -1.43. The number of hydrogen-bond acceptors (Lipinski definition) is 3. The molecular formula is C12H10FNO3. The van der Waals surface area contributed by atoms with Crippen LogP contribution in [0.25, 0.3) is 11.3 Å². The van der Waals surface area contributed by atoms with E-state index in [2.05, 4.69) is 4.98 Å². The van der Waals surface area contributed by atoms with E-state index >= 15 is 0 Å². The number of oxazole rings is 1. The van der Waals surface area contributed by atoms with Gasteiger partial charge in [-0.25, -0.2) is 14.2 Å². The Kier molecular flexibility index (Phi) is 2.91. The molecule has 1 N–H and O–H groups in total. The van der Waals surface area contributed by atoms with E-state index in [1.807, 2.05) is 6.92 Å². The number of carboxylic acids is 1. The van der Waals surface area contributed by atoms with Gasteiger partial charge in [0.15, 0.2) is 0 Å². The zero-order chi connectivity index (χ0) is 12.4. The number of rotatable bonds is 3. The van der Waals surface area contributed by atoms with Crippen molar-refractivity contribution < 1.29 is 18.7 Å². The van der Waals surface area contributed by atoms with Gasteiger partial charge in [0.2, 0.25) is 0 Å². The topological polar surface area (TPSA) is 63.3 Å². The molecule has 2 aromatic rings. The van der Waals surface area contributed by atoms with Crippen LogP contribution in [0.4, 0.5) is 4.39 Å². The fraction of sp³-hybridized carbons (Fsp3) is 0.167. The summed E-state index contributed by atoms with van der Waals surface area (Å²) in [5, 5.41) is 8.79. The van der Waals surface area contributed by atoms with Crippen molar-refractivity contribution in [2.75, 3.05) is 0 Å². The average molecular weight is 235 g/mol. The van der Waals surface area contributed by atoms with Crippen molar-refractivity contribution >= 4 is 5.97 Å². The van der Waals surface area contributed by atoms with Crippen LogP contribution in [0.5, 0.6) is 0 Å². The standard InChI is InChI=1S/C12H10FNO3/c1-2-9-10(14-11(17-9)12(15)16)7-3-5-8(13)6-4-7/h3-6H,2H2,1H3,(H,15,16). The number of benzene rings is 1. The molecule has 0 unspecified atom stereocenters. The van der Waals surface area contributed by atoms with Gasteiger partial charge < -0.3 is 9.52 Å². The molecule has 0 atom stereocenters. The van der Waals surface area contributed by atoms with Gasteiger partial charge in [0.25, 0.3) is 0 Å². The van der Waals surface area contributed by atoms with E-state index in [0.717, 1.165) is 0 Å².